The van der Waals surface area contributed by atoms with E-state index in [1.165, 1.54) is 11.8 Å². The summed E-state index contributed by atoms with van der Waals surface area (Å²) in [6, 6.07) is 3.93. The molecule has 1 N–H and O–H groups in total. The van der Waals surface area contributed by atoms with E-state index in [0.717, 1.165) is 24.1 Å². The fraction of sp³-hybridized carbons (Fsp3) is 0.462. The monoisotopic (exact) mass is 283 g/mol. The van der Waals surface area contributed by atoms with Gasteiger partial charge in [0.2, 0.25) is 5.12 Å². The number of methoxy groups -OCH3 is 1. The summed E-state index contributed by atoms with van der Waals surface area (Å²) >= 11 is 7.76. The summed E-state index contributed by atoms with van der Waals surface area (Å²) in [6.45, 7) is 2.82. The minimum atomic E-state index is -0.137. The van der Waals surface area contributed by atoms with Gasteiger partial charge in [-0.15, -0.1) is 0 Å². The van der Waals surface area contributed by atoms with Crippen LogP contribution in [0, 0.1) is 6.92 Å². The molecule has 2 unspecified atom stereocenters. The van der Waals surface area contributed by atoms with Crippen LogP contribution in [0.1, 0.15) is 17.5 Å². The van der Waals surface area contributed by atoms with Crippen LogP contribution in [-0.2, 0) is 9.54 Å². The van der Waals surface area contributed by atoms with Crippen molar-refractivity contribution in [3.63, 3.8) is 0 Å². The molecular formula is C13H14ClNO2S. The third-order valence-corrected chi connectivity index (χ3v) is 5.69. The van der Waals surface area contributed by atoms with Crippen LogP contribution in [0.15, 0.2) is 12.1 Å². The molecule has 2 aliphatic heterocycles. The second-order valence-electron chi connectivity index (χ2n) is 4.81. The smallest absolute Gasteiger partial charge is 0.206 e. The first-order chi connectivity index (χ1) is 8.57. The van der Waals surface area contributed by atoms with Crippen molar-refractivity contribution in [3.05, 3.63) is 28.3 Å². The van der Waals surface area contributed by atoms with Gasteiger partial charge in [-0.25, -0.2) is 0 Å². The highest BCUT2D eigenvalue weighted by Gasteiger charge is 2.52. The lowest BCUT2D eigenvalue weighted by Gasteiger charge is -2.27. The van der Waals surface area contributed by atoms with Crippen molar-refractivity contribution in [2.24, 2.45) is 0 Å². The fourth-order valence-electron chi connectivity index (χ4n) is 2.84. The highest BCUT2D eigenvalue weighted by atomic mass is 35.5. The molecule has 2 saturated heterocycles. The Hall–Kier alpha value is -0.710. The van der Waals surface area contributed by atoms with Crippen LogP contribution in [0.25, 0.3) is 0 Å². The molecule has 5 heteroatoms. The normalized spacial score (nSPS) is 29.9. The molecule has 2 fully saturated rings. The molecular weight excluding hydrogens is 270 g/mol. The number of thioether (sulfide) groups is 1. The van der Waals surface area contributed by atoms with Crippen LogP contribution < -0.4 is 10.1 Å². The summed E-state index contributed by atoms with van der Waals surface area (Å²) in [5.41, 5.74) is 2.17. The molecule has 0 aliphatic carbocycles. The molecule has 2 atom stereocenters. The molecule has 0 saturated carbocycles. The number of hydrogen-bond donors (Lipinski definition) is 1. The van der Waals surface area contributed by atoms with Crippen molar-refractivity contribution in [3.8, 4) is 5.75 Å². The Labute approximate surface area is 115 Å². The van der Waals surface area contributed by atoms with Gasteiger partial charge < -0.3 is 10.1 Å². The minimum absolute atomic E-state index is 0.00952. The van der Waals surface area contributed by atoms with E-state index in [-0.39, 0.29) is 15.9 Å². The molecule has 2 bridgehead atoms. The average Bonchev–Trinajstić information content (AvgIpc) is 2.90. The Kier molecular flexibility index (Phi) is 2.84. The van der Waals surface area contributed by atoms with Crippen molar-refractivity contribution >= 4 is 28.5 Å². The molecule has 0 amide bonds. The van der Waals surface area contributed by atoms with Gasteiger partial charge >= 0.3 is 0 Å². The Bertz CT molecular complexity index is 534. The van der Waals surface area contributed by atoms with E-state index >= 15 is 0 Å². The molecule has 1 aromatic carbocycles. The SMILES string of the molecule is COc1ccc(C23CNC(C2)C(=O)S3)c(C)c1Cl. The quantitative estimate of drug-likeness (QED) is 0.905. The molecule has 0 spiro atoms. The number of halogens is 1. The molecule has 0 radical (unpaired) electrons. The van der Waals surface area contributed by atoms with Crippen LogP contribution in [0.3, 0.4) is 0 Å². The number of carbonyl (C=O) groups excluding carboxylic acids is 1. The van der Waals surface area contributed by atoms with E-state index in [9.17, 15) is 4.79 Å². The predicted octanol–water partition coefficient (Wildman–Crippen LogP) is 2.49. The van der Waals surface area contributed by atoms with E-state index in [1.807, 2.05) is 19.1 Å². The summed E-state index contributed by atoms with van der Waals surface area (Å²) in [5.74, 6) is 0.686. The van der Waals surface area contributed by atoms with Gasteiger partial charge in [0.15, 0.2) is 0 Å². The number of fused-ring (bicyclic) bond motifs is 2. The number of benzene rings is 1. The lowest BCUT2D eigenvalue weighted by atomic mass is 9.92. The van der Waals surface area contributed by atoms with Crippen molar-refractivity contribution in [1.29, 1.82) is 0 Å². The van der Waals surface area contributed by atoms with Crippen molar-refractivity contribution in [2.75, 3.05) is 13.7 Å². The van der Waals surface area contributed by atoms with Crippen molar-refractivity contribution in [1.82, 2.24) is 5.32 Å². The maximum absolute atomic E-state index is 11.8. The van der Waals surface area contributed by atoms with E-state index in [0.29, 0.717) is 10.8 Å². The number of ether oxygens (including phenoxy) is 1. The van der Waals surface area contributed by atoms with Gasteiger partial charge in [0.05, 0.1) is 22.9 Å². The minimum Gasteiger partial charge on any atom is -0.495 e. The van der Waals surface area contributed by atoms with E-state index in [2.05, 4.69) is 5.32 Å². The van der Waals surface area contributed by atoms with Gasteiger partial charge in [0.25, 0.3) is 0 Å². The Morgan fingerprint density at radius 2 is 2.33 bits per heavy atom. The number of hydrogen-bond acceptors (Lipinski definition) is 4. The van der Waals surface area contributed by atoms with Gasteiger partial charge in [-0.05, 0) is 30.5 Å². The maximum atomic E-state index is 11.8. The van der Waals surface area contributed by atoms with Gasteiger partial charge in [-0.3, -0.25) is 4.79 Å². The summed E-state index contributed by atoms with van der Waals surface area (Å²) in [5, 5.41) is 4.16. The van der Waals surface area contributed by atoms with Gasteiger partial charge in [0.1, 0.15) is 5.75 Å². The fourth-order valence-corrected chi connectivity index (χ4v) is 4.51. The Morgan fingerprint density at radius 3 is 2.89 bits per heavy atom. The topological polar surface area (TPSA) is 38.3 Å². The van der Waals surface area contributed by atoms with Crippen molar-refractivity contribution in [2.45, 2.75) is 24.1 Å². The summed E-state index contributed by atoms with van der Waals surface area (Å²) < 4.78 is 5.08. The van der Waals surface area contributed by atoms with Crippen LogP contribution in [0.5, 0.6) is 5.75 Å². The van der Waals surface area contributed by atoms with E-state index < -0.39 is 0 Å². The van der Waals surface area contributed by atoms with Gasteiger partial charge in [-0.1, -0.05) is 29.4 Å². The average molecular weight is 284 g/mol. The zero-order chi connectivity index (χ0) is 12.9. The second-order valence-corrected chi connectivity index (χ2v) is 6.57. The van der Waals surface area contributed by atoms with Gasteiger partial charge in [-0.2, -0.15) is 0 Å². The van der Waals surface area contributed by atoms with E-state index in [4.69, 9.17) is 16.3 Å². The number of rotatable bonds is 2. The van der Waals surface area contributed by atoms with Crippen LogP contribution in [0.4, 0.5) is 0 Å². The Morgan fingerprint density at radius 1 is 1.56 bits per heavy atom. The van der Waals surface area contributed by atoms with Gasteiger partial charge in [0, 0.05) is 6.54 Å². The molecule has 1 aromatic rings. The predicted molar refractivity (Wildman–Crippen MR) is 73.4 cm³/mol. The largest absolute Gasteiger partial charge is 0.495 e. The molecule has 96 valence electrons. The Balaban J connectivity index is 2.08. The molecule has 3 nitrogen and oxygen atoms in total. The standard InChI is InChI=1S/C13H14ClNO2S/c1-7-8(3-4-10(17-2)11(7)14)13-5-9(15-6-13)12(16)18-13/h3-4,9,15H,5-6H2,1-2H3. The molecule has 2 heterocycles. The maximum Gasteiger partial charge on any atom is 0.206 e. The molecule has 0 aromatic heterocycles. The summed E-state index contributed by atoms with van der Waals surface area (Å²) in [7, 11) is 1.61. The zero-order valence-corrected chi connectivity index (χ0v) is 11.8. The lowest BCUT2D eigenvalue weighted by Crippen LogP contribution is -2.34. The first kappa shape index (κ1) is 12.3. The third kappa shape index (κ3) is 1.59. The van der Waals surface area contributed by atoms with E-state index in [1.54, 1.807) is 7.11 Å². The van der Waals surface area contributed by atoms with Crippen LogP contribution in [0.2, 0.25) is 5.02 Å². The third-order valence-electron chi connectivity index (χ3n) is 3.81. The summed E-state index contributed by atoms with van der Waals surface area (Å²) in [4.78, 5) is 11.8. The summed E-state index contributed by atoms with van der Waals surface area (Å²) in [6.07, 6.45) is 0.861. The lowest BCUT2D eigenvalue weighted by molar-refractivity contribution is -0.112. The number of nitrogens with one attached hydrogen (secondary N) is 1. The highest BCUT2D eigenvalue weighted by Crippen LogP contribution is 2.53. The molecule has 3 rings (SSSR count). The first-order valence-corrected chi connectivity index (χ1v) is 7.07. The van der Waals surface area contributed by atoms with Crippen molar-refractivity contribution < 1.29 is 9.53 Å². The number of carbonyl (C=O) groups is 1. The molecule has 2 aliphatic rings. The highest BCUT2D eigenvalue weighted by molar-refractivity contribution is 8.15. The second kappa shape index (κ2) is 4.15. The zero-order valence-electron chi connectivity index (χ0n) is 10.2. The van der Waals surface area contributed by atoms with Crippen LogP contribution >= 0.6 is 23.4 Å². The van der Waals surface area contributed by atoms with Crippen LogP contribution in [-0.4, -0.2) is 24.8 Å². The first-order valence-electron chi connectivity index (χ1n) is 5.87. The molecule has 18 heavy (non-hydrogen) atoms.